The number of hydrogen-bond acceptors (Lipinski definition) is 3. The number of halogens is 1. The molecule has 3 N–H and O–H groups in total. The highest BCUT2D eigenvalue weighted by atomic mass is 35.5. The van der Waals surface area contributed by atoms with E-state index in [0.29, 0.717) is 0 Å². The van der Waals surface area contributed by atoms with Crippen LogP contribution in [0.15, 0.2) is 48.5 Å². The summed E-state index contributed by atoms with van der Waals surface area (Å²) >= 11 is 0. The highest BCUT2D eigenvalue weighted by Crippen LogP contribution is 2.28. The van der Waals surface area contributed by atoms with Gasteiger partial charge in [0.15, 0.2) is 0 Å². The summed E-state index contributed by atoms with van der Waals surface area (Å²) in [6.07, 6.45) is 1.81. The molecule has 1 aliphatic heterocycles. The van der Waals surface area contributed by atoms with Crippen molar-refractivity contribution >= 4 is 24.0 Å². The van der Waals surface area contributed by atoms with E-state index in [0.717, 1.165) is 31.6 Å². The molecule has 3 atom stereocenters. The molecule has 4 nitrogen and oxygen atoms in total. The van der Waals surface area contributed by atoms with Crippen molar-refractivity contribution < 1.29 is 4.79 Å². The molecule has 1 fully saturated rings. The number of aryl methyl sites for hydroxylation is 2. The van der Waals surface area contributed by atoms with Gasteiger partial charge in [-0.2, -0.15) is 0 Å². The monoisotopic (exact) mass is 401 g/mol. The topological polar surface area (TPSA) is 58.4 Å². The minimum atomic E-state index is -0.209. The molecule has 1 amide bonds. The van der Waals surface area contributed by atoms with Crippen molar-refractivity contribution in [2.75, 3.05) is 18.4 Å². The Hall–Kier alpha value is -1.88. The second kappa shape index (κ2) is 10.1. The molecule has 5 heteroatoms. The van der Waals surface area contributed by atoms with Crippen molar-refractivity contribution in [3.05, 3.63) is 65.2 Å². The Balaban J connectivity index is 0.00000280. The van der Waals surface area contributed by atoms with Gasteiger partial charge in [-0.25, -0.2) is 0 Å². The number of anilines is 1. The van der Waals surface area contributed by atoms with Crippen LogP contribution in [-0.4, -0.2) is 36.0 Å². The Kier molecular flexibility index (Phi) is 8.05. The zero-order chi connectivity index (χ0) is 19.4. The largest absolute Gasteiger partial charge is 0.326 e. The number of rotatable bonds is 6. The fraction of sp³-hybridized carbons (Fsp3) is 0.435. The zero-order valence-corrected chi connectivity index (χ0v) is 17.8. The van der Waals surface area contributed by atoms with Crippen molar-refractivity contribution in [3.63, 3.8) is 0 Å². The van der Waals surface area contributed by atoms with E-state index in [-0.39, 0.29) is 36.3 Å². The molecule has 0 aromatic heterocycles. The van der Waals surface area contributed by atoms with Gasteiger partial charge >= 0.3 is 0 Å². The van der Waals surface area contributed by atoms with E-state index in [1.807, 2.05) is 13.0 Å². The first kappa shape index (κ1) is 22.4. The normalized spacial score (nSPS) is 20.4. The third kappa shape index (κ3) is 4.75. The molecule has 1 saturated heterocycles. The Bertz CT molecular complexity index is 758. The summed E-state index contributed by atoms with van der Waals surface area (Å²) < 4.78 is 0. The summed E-state index contributed by atoms with van der Waals surface area (Å²) in [4.78, 5) is 15.2. The molecule has 3 rings (SSSR count). The van der Waals surface area contributed by atoms with Crippen LogP contribution in [0.25, 0.3) is 0 Å². The van der Waals surface area contributed by atoms with E-state index in [1.165, 1.54) is 16.7 Å². The average molecular weight is 402 g/mol. The maximum Gasteiger partial charge on any atom is 0.241 e. The number of amides is 1. The van der Waals surface area contributed by atoms with Gasteiger partial charge in [0, 0.05) is 30.7 Å². The second-order valence-corrected chi connectivity index (χ2v) is 7.46. The molecular weight excluding hydrogens is 370 g/mol. The number of nitrogens with one attached hydrogen (secondary N) is 1. The number of likely N-dealkylation sites (tertiary alicyclic amines) is 1. The average Bonchev–Trinajstić information content (AvgIpc) is 3.09. The van der Waals surface area contributed by atoms with Crippen molar-refractivity contribution in [1.82, 2.24) is 4.90 Å². The molecule has 152 valence electrons. The van der Waals surface area contributed by atoms with Gasteiger partial charge in [0.2, 0.25) is 5.91 Å². The fourth-order valence-corrected chi connectivity index (χ4v) is 4.03. The summed E-state index contributed by atoms with van der Waals surface area (Å²) in [7, 11) is 0. The number of carbonyl (C=O) groups is 1. The third-order valence-electron chi connectivity index (χ3n) is 5.80. The molecule has 0 bridgehead atoms. The quantitative estimate of drug-likeness (QED) is 0.769. The first-order chi connectivity index (χ1) is 13.0. The lowest BCUT2D eigenvalue weighted by Gasteiger charge is -2.25. The van der Waals surface area contributed by atoms with Gasteiger partial charge in [0.25, 0.3) is 0 Å². The summed E-state index contributed by atoms with van der Waals surface area (Å²) in [5.41, 5.74) is 11.0. The summed E-state index contributed by atoms with van der Waals surface area (Å²) in [6, 6.07) is 16.5. The second-order valence-electron chi connectivity index (χ2n) is 7.46. The van der Waals surface area contributed by atoms with Crippen LogP contribution < -0.4 is 11.1 Å². The lowest BCUT2D eigenvalue weighted by atomic mass is 9.95. The summed E-state index contributed by atoms with van der Waals surface area (Å²) in [5.74, 6) is 0.321. The number of para-hydroxylation sites is 1. The molecule has 0 aliphatic carbocycles. The van der Waals surface area contributed by atoms with Gasteiger partial charge in [-0.05, 0) is 36.5 Å². The van der Waals surface area contributed by atoms with Crippen LogP contribution in [0.2, 0.25) is 0 Å². The molecule has 0 saturated carbocycles. The molecule has 2 aromatic carbocycles. The standard InChI is InChI=1S/C23H31N3O.ClH/c1-4-17-12-9-13-18(5-2)22(17)25-23(27)16(3)26-14-20(21(24)15-26)19-10-7-6-8-11-19;/h6-13,16,20-21H,4-5,14-15,24H2,1-3H3,(H,25,27);1H/t16?,20-,21+;/m0./s1. The van der Waals surface area contributed by atoms with Gasteiger partial charge in [-0.1, -0.05) is 62.4 Å². The van der Waals surface area contributed by atoms with Gasteiger partial charge in [0.1, 0.15) is 0 Å². The van der Waals surface area contributed by atoms with Crippen molar-refractivity contribution in [3.8, 4) is 0 Å². The lowest BCUT2D eigenvalue weighted by molar-refractivity contribution is -0.120. The predicted molar refractivity (Wildman–Crippen MR) is 119 cm³/mol. The highest BCUT2D eigenvalue weighted by Gasteiger charge is 2.35. The fourth-order valence-electron chi connectivity index (χ4n) is 4.03. The molecular formula is C23H32ClN3O. The van der Waals surface area contributed by atoms with E-state index in [4.69, 9.17) is 5.73 Å². The number of nitrogens with zero attached hydrogens (tertiary/aromatic N) is 1. The maximum atomic E-state index is 13.0. The predicted octanol–water partition coefficient (Wildman–Crippen LogP) is 3.99. The zero-order valence-electron chi connectivity index (χ0n) is 17.0. The van der Waals surface area contributed by atoms with E-state index >= 15 is 0 Å². The minimum Gasteiger partial charge on any atom is -0.326 e. The first-order valence-electron chi connectivity index (χ1n) is 10.0. The van der Waals surface area contributed by atoms with Crippen molar-refractivity contribution in [2.24, 2.45) is 5.73 Å². The number of carbonyl (C=O) groups excluding carboxylic acids is 1. The molecule has 0 spiro atoms. The summed E-state index contributed by atoms with van der Waals surface area (Å²) in [5, 5.41) is 3.21. The minimum absolute atomic E-state index is 0. The van der Waals surface area contributed by atoms with Crippen LogP contribution in [0.3, 0.4) is 0 Å². The van der Waals surface area contributed by atoms with Crippen molar-refractivity contribution in [2.45, 2.75) is 51.6 Å². The Morgan fingerprint density at radius 3 is 2.25 bits per heavy atom. The van der Waals surface area contributed by atoms with E-state index in [2.05, 4.69) is 66.5 Å². The van der Waals surface area contributed by atoms with E-state index in [9.17, 15) is 4.79 Å². The first-order valence-corrected chi connectivity index (χ1v) is 10.0. The molecule has 2 aromatic rings. The lowest BCUT2D eigenvalue weighted by Crippen LogP contribution is -2.42. The highest BCUT2D eigenvalue weighted by molar-refractivity contribution is 5.96. The van der Waals surface area contributed by atoms with Gasteiger partial charge in [-0.15, -0.1) is 12.4 Å². The Labute approximate surface area is 174 Å². The van der Waals surface area contributed by atoms with Crippen LogP contribution >= 0.6 is 12.4 Å². The number of benzene rings is 2. The van der Waals surface area contributed by atoms with Crippen LogP contribution in [0.4, 0.5) is 5.69 Å². The Morgan fingerprint density at radius 1 is 1.07 bits per heavy atom. The SMILES string of the molecule is CCc1cccc(CC)c1NC(=O)C(C)N1C[C@@H](N)[C@H](c2ccccc2)C1.Cl. The van der Waals surface area contributed by atoms with Gasteiger partial charge < -0.3 is 11.1 Å². The van der Waals surface area contributed by atoms with Crippen LogP contribution in [0.1, 0.15) is 43.4 Å². The Morgan fingerprint density at radius 2 is 1.68 bits per heavy atom. The van der Waals surface area contributed by atoms with Gasteiger partial charge in [-0.3, -0.25) is 9.69 Å². The summed E-state index contributed by atoms with van der Waals surface area (Å²) in [6.45, 7) is 7.78. The maximum absolute atomic E-state index is 13.0. The van der Waals surface area contributed by atoms with Crippen LogP contribution in [0, 0.1) is 0 Å². The van der Waals surface area contributed by atoms with Crippen molar-refractivity contribution in [1.29, 1.82) is 0 Å². The molecule has 1 heterocycles. The smallest absolute Gasteiger partial charge is 0.241 e. The third-order valence-corrected chi connectivity index (χ3v) is 5.80. The van der Waals surface area contributed by atoms with Crippen LogP contribution in [0.5, 0.6) is 0 Å². The molecule has 0 radical (unpaired) electrons. The molecule has 28 heavy (non-hydrogen) atoms. The van der Waals surface area contributed by atoms with Gasteiger partial charge in [0.05, 0.1) is 6.04 Å². The van der Waals surface area contributed by atoms with Crippen LogP contribution in [-0.2, 0) is 17.6 Å². The number of nitrogens with two attached hydrogens (primary N) is 1. The number of hydrogen-bond donors (Lipinski definition) is 2. The van der Waals surface area contributed by atoms with E-state index in [1.54, 1.807) is 0 Å². The van der Waals surface area contributed by atoms with E-state index < -0.39 is 0 Å². The molecule has 1 unspecified atom stereocenters. The molecule has 1 aliphatic rings.